The predicted molar refractivity (Wildman–Crippen MR) is 84.9 cm³/mol. The average molecular weight is 312 g/mol. The van der Waals surface area contributed by atoms with Gasteiger partial charge in [-0.1, -0.05) is 17.7 Å². The Balaban J connectivity index is 1.66. The van der Waals surface area contributed by atoms with Crippen molar-refractivity contribution < 1.29 is 9.53 Å². The van der Waals surface area contributed by atoms with E-state index in [1.54, 1.807) is 0 Å². The topological polar surface area (TPSA) is 53.6 Å². The van der Waals surface area contributed by atoms with E-state index in [9.17, 15) is 4.79 Å². The van der Waals surface area contributed by atoms with Crippen LogP contribution in [-0.2, 0) is 9.53 Å². The molecule has 0 aliphatic carbocycles. The Bertz CT molecular complexity index is 476. The molecule has 0 radical (unpaired) electrons. The van der Waals surface area contributed by atoms with Crippen molar-refractivity contribution >= 4 is 23.2 Å². The van der Waals surface area contributed by atoms with Gasteiger partial charge in [0.2, 0.25) is 5.91 Å². The maximum Gasteiger partial charge on any atom is 0.239 e. The summed E-state index contributed by atoms with van der Waals surface area (Å²) in [5.41, 5.74) is 1.96. The fraction of sp³-hybridized carbons (Fsp3) is 0.533. The molecule has 21 heavy (non-hydrogen) atoms. The monoisotopic (exact) mass is 311 g/mol. The van der Waals surface area contributed by atoms with Gasteiger partial charge in [0.05, 0.1) is 19.8 Å². The zero-order valence-corrected chi connectivity index (χ0v) is 13.1. The fourth-order valence-electron chi connectivity index (χ4n) is 2.20. The van der Waals surface area contributed by atoms with Crippen LogP contribution in [0.1, 0.15) is 5.56 Å². The van der Waals surface area contributed by atoms with Gasteiger partial charge >= 0.3 is 0 Å². The van der Waals surface area contributed by atoms with Crippen LogP contribution in [0.2, 0.25) is 5.02 Å². The molecule has 2 rings (SSSR count). The van der Waals surface area contributed by atoms with Gasteiger partial charge in [0.25, 0.3) is 0 Å². The number of hydrogen-bond acceptors (Lipinski definition) is 4. The van der Waals surface area contributed by atoms with Gasteiger partial charge in [0, 0.05) is 36.9 Å². The Hall–Kier alpha value is -1.30. The van der Waals surface area contributed by atoms with Crippen molar-refractivity contribution in [2.45, 2.75) is 6.92 Å². The molecular formula is C15H22ClN3O2. The molecule has 1 aliphatic rings. The highest BCUT2D eigenvalue weighted by molar-refractivity contribution is 6.30. The van der Waals surface area contributed by atoms with Crippen LogP contribution in [0.3, 0.4) is 0 Å². The van der Waals surface area contributed by atoms with Gasteiger partial charge in [-0.2, -0.15) is 0 Å². The van der Waals surface area contributed by atoms with Crippen LogP contribution in [0.5, 0.6) is 0 Å². The summed E-state index contributed by atoms with van der Waals surface area (Å²) < 4.78 is 5.29. The van der Waals surface area contributed by atoms with E-state index in [1.807, 2.05) is 25.1 Å². The van der Waals surface area contributed by atoms with Gasteiger partial charge in [0.15, 0.2) is 0 Å². The van der Waals surface area contributed by atoms with Crippen molar-refractivity contribution in [2.75, 3.05) is 51.3 Å². The van der Waals surface area contributed by atoms with Gasteiger partial charge in [-0.25, -0.2) is 0 Å². The summed E-state index contributed by atoms with van der Waals surface area (Å²) in [6.07, 6.45) is 0. The van der Waals surface area contributed by atoms with Crippen molar-refractivity contribution in [1.29, 1.82) is 0 Å². The Morgan fingerprint density at radius 2 is 2.14 bits per heavy atom. The van der Waals surface area contributed by atoms with Crippen LogP contribution in [-0.4, -0.2) is 56.7 Å². The van der Waals surface area contributed by atoms with E-state index in [0.717, 1.165) is 44.1 Å². The number of morpholine rings is 1. The Labute approximate surface area is 130 Å². The normalized spacial score (nSPS) is 15.7. The highest BCUT2D eigenvalue weighted by Gasteiger charge is 2.10. The number of halogens is 1. The number of nitrogens with one attached hydrogen (secondary N) is 2. The molecule has 1 amide bonds. The number of carbonyl (C=O) groups excluding carboxylic acids is 1. The molecule has 0 aromatic heterocycles. The van der Waals surface area contributed by atoms with Crippen molar-refractivity contribution in [2.24, 2.45) is 0 Å². The molecule has 0 unspecified atom stereocenters. The summed E-state index contributed by atoms with van der Waals surface area (Å²) in [5.74, 6) is -0.0114. The average Bonchev–Trinajstić information content (AvgIpc) is 2.49. The molecule has 1 fully saturated rings. The first-order valence-corrected chi connectivity index (χ1v) is 7.60. The number of rotatable bonds is 6. The molecule has 1 aromatic rings. The van der Waals surface area contributed by atoms with Gasteiger partial charge in [0.1, 0.15) is 0 Å². The lowest BCUT2D eigenvalue weighted by molar-refractivity contribution is -0.119. The molecule has 1 saturated heterocycles. The second-order valence-corrected chi connectivity index (χ2v) is 5.55. The quantitative estimate of drug-likeness (QED) is 0.836. The zero-order chi connectivity index (χ0) is 15.1. The highest BCUT2D eigenvalue weighted by Crippen LogP contribution is 2.19. The number of amides is 1. The molecule has 1 aliphatic heterocycles. The Morgan fingerprint density at radius 3 is 2.90 bits per heavy atom. The summed E-state index contributed by atoms with van der Waals surface area (Å²) in [4.78, 5) is 14.1. The number of hydrogen-bond donors (Lipinski definition) is 2. The van der Waals surface area contributed by atoms with E-state index < -0.39 is 0 Å². The number of benzene rings is 1. The van der Waals surface area contributed by atoms with E-state index in [2.05, 4.69) is 15.5 Å². The van der Waals surface area contributed by atoms with E-state index in [0.29, 0.717) is 11.6 Å². The standard InChI is InChI=1S/C15H22ClN3O2/c1-12-2-3-13(16)10-14(12)18-11-15(20)17-4-5-19-6-8-21-9-7-19/h2-3,10,18H,4-9,11H2,1H3,(H,17,20). The molecule has 2 N–H and O–H groups in total. The van der Waals surface area contributed by atoms with Crippen LogP contribution in [0.25, 0.3) is 0 Å². The van der Waals surface area contributed by atoms with E-state index in [1.165, 1.54) is 0 Å². The molecule has 6 heteroatoms. The largest absolute Gasteiger partial charge is 0.379 e. The Kier molecular flexibility index (Phi) is 6.29. The van der Waals surface area contributed by atoms with Crippen LogP contribution in [0, 0.1) is 6.92 Å². The van der Waals surface area contributed by atoms with Crippen molar-refractivity contribution in [3.05, 3.63) is 28.8 Å². The minimum atomic E-state index is -0.0114. The third-order valence-corrected chi connectivity index (χ3v) is 3.73. The molecular weight excluding hydrogens is 290 g/mol. The first-order valence-electron chi connectivity index (χ1n) is 7.22. The van der Waals surface area contributed by atoms with Gasteiger partial charge in [-0.05, 0) is 24.6 Å². The van der Waals surface area contributed by atoms with Gasteiger partial charge < -0.3 is 15.4 Å². The summed E-state index contributed by atoms with van der Waals surface area (Å²) in [6, 6.07) is 5.60. The van der Waals surface area contributed by atoms with E-state index >= 15 is 0 Å². The maximum atomic E-state index is 11.8. The second kappa shape index (κ2) is 8.22. The van der Waals surface area contributed by atoms with E-state index in [4.69, 9.17) is 16.3 Å². The highest BCUT2D eigenvalue weighted by atomic mass is 35.5. The van der Waals surface area contributed by atoms with Crippen LogP contribution in [0.15, 0.2) is 18.2 Å². The van der Waals surface area contributed by atoms with Crippen LogP contribution < -0.4 is 10.6 Å². The van der Waals surface area contributed by atoms with Crippen molar-refractivity contribution in [1.82, 2.24) is 10.2 Å². The maximum absolute atomic E-state index is 11.8. The van der Waals surface area contributed by atoms with Crippen molar-refractivity contribution in [3.63, 3.8) is 0 Å². The summed E-state index contributed by atoms with van der Waals surface area (Å²) >= 11 is 5.95. The lowest BCUT2D eigenvalue weighted by Crippen LogP contribution is -2.42. The molecule has 0 saturated carbocycles. The SMILES string of the molecule is Cc1ccc(Cl)cc1NCC(=O)NCCN1CCOCC1. The lowest BCUT2D eigenvalue weighted by Gasteiger charge is -2.26. The summed E-state index contributed by atoms with van der Waals surface area (Å²) in [7, 11) is 0. The second-order valence-electron chi connectivity index (χ2n) is 5.12. The lowest BCUT2D eigenvalue weighted by atomic mass is 10.2. The molecule has 116 valence electrons. The zero-order valence-electron chi connectivity index (χ0n) is 12.3. The van der Waals surface area contributed by atoms with Gasteiger partial charge in [-0.15, -0.1) is 0 Å². The smallest absolute Gasteiger partial charge is 0.239 e. The van der Waals surface area contributed by atoms with Gasteiger partial charge in [-0.3, -0.25) is 9.69 Å². The molecule has 0 bridgehead atoms. The third kappa shape index (κ3) is 5.53. The predicted octanol–water partition coefficient (Wildman–Crippen LogP) is 1.51. The molecule has 1 heterocycles. The molecule has 0 atom stereocenters. The number of ether oxygens (including phenoxy) is 1. The summed E-state index contributed by atoms with van der Waals surface area (Å²) in [5, 5.41) is 6.69. The minimum Gasteiger partial charge on any atom is -0.379 e. The van der Waals surface area contributed by atoms with E-state index in [-0.39, 0.29) is 12.5 Å². The molecule has 5 nitrogen and oxygen atoms in total. The Morgan fingerprint density at radius 1 is 1.38 bits per heavy atom. The van der Waals surface area contributed by atoms with Crippen molar-refractivity contribution in [3.8, 4) is 0 Å². The number of nitrogens with zero attached hydrogens (tertiary/aromatic N) is 1. The van der Waals surface area contributed by atoms with Crippen LogP contribution >= 0.6 is 11.6 Å². The minimum absolute atomic E-state index is 0.0114. The van der Waals surface area contributed by atoms with Crippen LogP contribution in [0.4, 0.5) is 5.69 Å². The molecule has 1 aromatic carbocycles. The molecule has 0 spiro atoms. The number of anilines is 1. The number of carbonyl (C=O) groups is 1. The summed E-state index contributed by atoms with van der Waals surface area (Å²) in [6.45, 7) is 7.21. The third-order valence-electron chi connectivity index (χ3n) is 3.49. The number of aryl methyl sites for hydroxylation is 1. The first kappa shape index (κ1) is 16.1. The fourth-order valence-corrected chi connectivity index (χ4v) is 2.37. The first-order chi connectivity index (χ1) is 10.1.